The van der Waals surface area contributed by atoms with E-state index in [1.54, 1.807) is 7.11 Å². The molecule has 0 amide bonds. The lowest BCUT2D eigenvalue weighted by Crippen LogP contribution is -2.57. The summed E-state index contributed by atoms with van der Waals surface area (Å²) in [6.07, 6.45) is 5.42. The Hall–Kier alpha value is -0.420. The van der Waals surface area contributed by atoms with Gasteiger partial charge in [0.05, 0.1) is 12.7 Å². The maximum atomic E-state index is 9.37. The van der Waals surface area contributed by atoms with E-state index in [4.69, 9.17) is 10.5 Å². The molecule has 0 radical (unpaired) electrons. The van der Waals surface area contributed by atoms with Crippen LogP contribution in [0.4, 0.5) is 0 Å². The number of rotatable bonds is 4. The molecule has 4 heteroatoms. The van der Waals surface area contributed by atoms with Crippen molar-refractivity contribution in [3.8, 4) is 0 Å². The molecular weight excluding hydrogens is 192 g/mol. The number of ether oxygens (including phenoxy) is 1. The summed E-state index contributed by atoms with van der Waals surface area (Å²) in [4.78, 5) is 0. The highest BCUT2D eigenvalue weighted by Gasteiger charge is 2.30. The Kier molecular flexibility index (Phi) is 4.73. The van der Waals surface area contributed by atoms with E-state index in [9.17, 15) is 5.11 Å². The van der Waals surface area contributed by atoms with Crippen LogP contribution >= 0.6 is 0 Å². The zero-order valence-electron chi connectivity index (χ0n) is 9.57. The summed E-state index contributed by atoms with van der Waals surface area (Å²) in [6.45, 7) is 3.21. The Balaban J connectivity index is 2.46. The predicted octanol–water partition coefficient (Wildman–Crippen LogP) is 0.0193. The maximum Gasteiger partial charge on any atom is 0.0665 e. The standard InChI is InChI=1S/C11H22N2O2/c1-11(12,6-3-7-15-2)10-5-4-9(14)8-13-10/h3,6,9-10,13-14H,4-5,7-8,12H2,1-2H3/b6-3-/t9?,10?,11-/m1/s1. The van der Waals surface area contributed by atoms with Gasteiger partial charge in [0, 0.05) is 25.2 Å². The van der Waals surface area contributed by atoms with Gasteiger partial charge in [-0.2, -0.15) is 0 Å². The second kappa shape index (κ2) is 5.61. The van der Waals surface area contributed by atoms with E-state index >= 15 is 0 Å². The first-order valence-corrected chi connectivity index (χ1v) is 5.43. The van der Waals surface area contributed by atoms with Gasteiger partial charge in [0.1, 0.15) is 0 Å². The minimum Gasteiger partial charge on any atom is -0.392 e. The maximum absolute atomic E-state index is 9.37. The Morgan fingerprint density at radius 3 is 2.87 bits per heavy atom. The van der Waals surface area contributed by atoms with Crippen LogP contribution in [0.25, 0.3) is 0 Å². The SMILES string of the molecule is COC/C=C\[C@@](C)(N)C1CCC(O)CN1. The summed E-state index contributed by atoms with van der Waals surface area (Å²) in [6, 6.07) is 0.231. The number of methoxy groups -OCH3 is 1. The number of piperidine rings is 1. The van der Waals surface area contributed by atoms with E-state index in [0.29, 0.717) is 13.2 Å². The molecule has 88 valence electrons. The zero-order chi connectivity index (χ0) is 11.3. The largest absolute Gasteiger partial charge is 0.392 e. The van der Waals surface area contributed by atoms with Crippen molar-refractivity contribution < 1.29 is 9.84 Å². The second-order valence-corrected chi connectivity index (χ2v) is 4.42. The Morgan fingerprint density at radius 1 is 1.60 bits per heavy atom. The van der Waals surface area contributed by atoms with Gasteiger partial charge in [-0.15, -0.1) is 0 Å². The molecule has 1 aliphatic rings. The lowest BCUT2D eigenvalue weighted by molar-refractivity contribution is 0.115. The topological polar surface area (TPSA) is 67.5 Å². The lowest BCUT2D eigenvalue weighted by atomic mass is 9.86. The van der Waals surface area contributed by atoms with Gasteiger partial charge in [0.2, 0.25) is 0 Å². The summed E-state index contributed by atoms with van der Waals surface area (Å²) in [7, 11) is 1.66. The monoisotopic (exact) mass is 214 g/mol. The molecule has 1 saturated heterocycles. The second-order valence-electron chi connectivity index (χ2n) is 4.42. The van der Waals surface area contributed by atoms with Crippen molar-refractivity contribution in [2.75, 3.05) is 20.3 Å². The molecule has 0 spiro atoms. The van der Waals surface area contributed by atoms with Crippen molar-refractivity contribution in [3.63, 3.8) is 0 Å². The van der Waals surface area contributed by atoms with E-state index in [-0.39, 0.29) is 17.7 Å². The average Bonchev–Trinajstić information content (AvgIpc) is 2.18. The Labute approximate surface area is 91.5 Å². The third-order valence-electron chi connectivity index (χ3n) is 2.88. The van der Waals surface area contributed by atoms with Crippen molar-refractivity contribution >= 4 is 0 Å². The number of nitrogens with one attached hydrogen (secondary N) is 1. The number of hydrogen-bond acceptors (Lipinski definition) is 4. The molecule has 0 saturated carbocycles. The van der Waals surface area contributed by atoms with Crippen LogP contribution in [0.5, 0.6) is 0 Å². The highest BCUT2D eigenvalue weighted by Crippen LogP contribution is 2.18. The molecule has 1 aliphatic heterocycles. The van der Waals surface area contributed by atoms with Crippen LogP contribution in [0.15, 0.2) is 12.2 Å². The highest BCUT2D eigenvalue weighted by atomic mass is 16.5. The van der Waals surface area contributed by atoms with E-state index in [1.165, 1.54) is 0 Å². The minimum absolute atomic E-state index is 0.222. The number of nitrogens with two attached hydrogens (primary N) is 1. The smallest absolute Gasteiger partial charge is 0.0665 e. The quantitative estimate of drug-likeness (QED) is 0.577. The molecule has 2 unspecified atom stereocenters. The molecule has 0 aromatic carbocycles. The van der Waals surface area contributed by atoms with Crippen LogP contribution < -0.4 is 11.1 Å². The third kappa shape index (κ3) is 3.91. The molecule has 1 rings (SSSR count). The van der Waals surface area contributed by atoms with E-state index in [0.717, 1.165) is 12.8 Å². The van der Waals surface area contributed by atoms with Crippen molar-refractivity contribution in [1.82, 2.24) is 5.32 Å². The average molecular weight is 214 g/mol. The van der Waals surface area contributed by atoms with E-state index in [1.807, 2.05) is 19.1 Å². The molecule has 1 heterocycles. The Bertz CT molecular complexity index is 209. The third-order valence-corrected chi connectivity index (χ3v) is 2.88. The number of β-amino-alcohol motifs (C(OH)–C–C–N with tert-alkyl or cyclic N) is 1. The van der Waals surface area contributed by atoms with Crippen LogP contribution in [0, 0.1) is 0 Å². The van der Waals surface area contributed by atoms with Crippen molar-refractivity contribution in [3.05, 3.63) is 12.2 Å². The first-order valence-electron chi connectivity index (χ1n) is 5.43. The number of aliphatic hydroxyl groups excluding tert-OH is 1. The van der Waals surface area contributed by atoms with Crippen LogP contribution in [-0.4, -0.2) is 43.1 Å². The van der Waals surface area contributed by atoms with Crippen molar-refractivity contribution in [2.45, 2.75) is 37.5 Å². The molecule has 0 bridgehead atoms. The van der Waals surface area contributed by atoms with Gasteiger partial charge in [-0.25, -0.2) is 0 Å². The molecular formula is C11H22N2O2. The fourth-order valence-corrected chi connectivity index (χ4v) is 1.89. The van der Waals surface area contributed by atoms with Crippen LogP contribution in [0.2, 0.25) is 0 Å². The van der Waals surface area contributed by atoms with Gasteiger partial charge in [-0.3, -0.25) is 0 Å². The van der Waals surface area contributed by atoms with Gasteiger partial charge < -0.3 is 20.9 Å². The highest BCUT2D eigenvalue weighted by molar-refractivity contribution is 5.09. The van der Waals surface area contributed by atoms with Crippen molar-refractivity contribution in [1.29, 1.82) is 0 Å². The van der Waals surface area contributed by atoms with Gasteiger partial charge in [-0.05, 0) is 19.8 Å². The van der Waals surface area contributed by atoms with E-state index < -0.39 is 0 Å². The van der Waals surface area contributed by atoms with Gasteiger partial charge in [0.15, 0.2) is 0 Å². The summed E-state index contributed by atoms with van der Waals surface area (Å²) < 4.78 is 4.94. The van der Waals surface area contributed by atoms with Gasteiger partial charge >= 0.3 is 0 Å². The lowest BCUT2D eigenvalue weighted by Gasteiger charge is -2.37. The molecule has 3 atom stereocenters. The molecule has 0 aliphatic carbocycles. The molecule has 4 N–H and O–H groups in total. The number of hydrogen-bond donors (Lipinski definition) is 3. The zero-order valence-corrected chi connectivity index (χ0v) is 9.57. The van der Waals surface area contributed by atoms with Gasteiger partial charge in [0.25, 0.3) is 0 Å². The van der Waals surface area contributed by atoms with Crippen LogP contribution in [-0.2, 0) is 4.74 Å². The molecule has 0 aromatic heterocycles. The molecule has 0 aromatic rings. The van der Waals surface area contributed by atoms with Gasteiger partial charge in [-0.1, -0.05) is 12.2 Å². The normalized spacial score (nSPS) is 31.7. The summed E-state index contributed by atoms with van der Waals surface area (Å²) in [5.74, 6) is 0. The minimum atomic E-state index is -0.376. The fraction of sp³-hybridized carbons (Fsp3) is 0.818. The number of aliphatic hydroxyl groups is 1. The summed E-state index contributed by atoms with van der Waals surface area (Å²) >= 11 is 0. The summed E-state index contributed by atoms with van der Waals surface area (Å²) in [5.41, 5.74) is 5.81. The van der Waals surface area contributed by atoms with Crippen LogP contribution in [0.3, 0.4) is 0 Å². The van der Waals surface area contributed by atoms with Crippen molar-refractivity contribution in [2.24, 2.45) is 5.73 Å². The first-order chi connectivity index (χ1) is 7.06. The van der Waals surface area contributed by atoms with E-state index in [2.05, 4.69) is 5.32 Å². The summed E-state index contributed by atoms with van der Waals surface area (Å²) in [5, 5.41) is 12.6. The molecule has 15 heavy (non-hydrogen) atoms. The predicted molar refractivity (Wildman–Crippen MR) is 60.6 cm³/mol. The fourth-order valence-electron chi connectivity index (χ4n) is 1.89. The molecule has 4 nitrogen and oxygen atoms in total. The molecule has 1 fully saturated rings. The Morgan fingerprint density at radius 2 is 2.33 bits per heavy atom. The van der Waals surface area contributed by atoms with Crippen LogP contribution in [0.1, 0.15) is 19.8 Å². The first kappa shape index (κ1) is 12.6.